The second kappa shape index (κ2) is 6.80. The van der Waals surface area contributed by atoms with Crippen molar-refractivity contribution in [3.05, 3.63) is 47.0 Å². The lowest BCUT2D eigenvalue weighted by Gasteiger charge is -2.24. The normalized spacial score (nSPS) is 18.1. The number of nitrogens with zero attached hydrogens (tertiary/aromatic N) is 3. The number of fused-ring (bicyclic) bond motifs is 1. The lowest BCUT2D eigenvalue weighted by molar-refractivity contribution is 0.245. The van der Waals surface area contributed by atoms with E-state index in [4.69, 9.17) is 9.26 Å². The van der Waals surface area contributed by atoms with Gasteiger partial charge in [0.15, 0.2) is 0 Å². The molecule has 0 amide bonds. The van der Waals surface area contributed by atoms with Gasteiger partial charge in [-0.3, -0.25) is 4.90 Å². The average Bonchev–Trinajstić information content (AvgIpc) is 3.33. The molecule has 5 heteroatoms. The van der Waals surface area contributed by atoms with Gasteiger partial charge in [0.1, 0.15) is 11.5 Å². The Labute approximate surface area is 154 Å². The van der Waals surface area contributed by atoms with Gasteiger partial charge in [0.25, 0.3) is 0 Å². The van der Waals surface area contributed by atoms with Gasteiger partial charge in [0.05, 0.1) is 12.8 Å². The number of rotatable bonds is 5. The molecule has 1 atom stereocenters. The molecule has 0 bridgehead atoms. The second-order valence-corrected chi connectivity index (χ2v) is 7.24. The molecular formula is C21H27N3O2. The number of likely N-dealkylation sites (tertiary alicyclic amines) is 1. The zero-order valence-electron chi connectivity index (χ0n) is 16.1. The molecule has 0 radical (unpaired) electrons. The Morgan fingerprint density at radius 3 is 2.96 bits per heavy atom. The van der Waals surface area contributed by atoms with Crippen LogP contribution in [0, 0.1) is 6.92 Å². The maximum Gasteiger partial charge on any atom is 0.141 e. The fourth-order valence-corrected chi connectivity index (χ4v) is 4.37. The summed E-state index contributed by atoms with van der Waals surface area (Å²) in [5.74, 6) is 1.95. The Hall–Kier alpha value is -2.27. The van der Waals surface area contributed by atoms with E-state index in [1.54, 1.807) is 7.11 Å². The van der Waals surface area contributed by atoms with Crippen LogP contribution in [0.25, 0.3) is 10.9 Å². The quantitative estimate of drug-likeness (QED) is 0.683. The maximum absolute atomic E-state index is 5.56. The van der Waals surface area contributed by atoms with Crippen LogP contribution in [-0.2, 0) is 20.0 Å². The van der Waals surface area contributed by atoms with Crippen molar-refractivity contribution < 1.29 is 9.26 Å². The third-order valence-electron chi connectivity index (χ3n) is 5.65. The summed E-state index contributed by atoms with van der Waals surface area (Å²) in [7, 11) is 3.83. The van der Waals surface area contributed by atoms with Gasteiger partial charge in [0.2, 0.25) is 0 Å². The Morgan fingerprint density at radius 2 is 2.19 bits per heavy atom. The summed E-state index contributed by atoms with van der Waals surface area (Å²) < 4.78 is 13.2. The molecule has 1 fully saturated rings. The first-order valence-corrected chi connectivity index (χ1v) is 9.43. The Morgan fingerprint density at radius 1 is 1.35 bits per heavy atom. The van der Waals surface area contributed by atoms with E-state index in [0.29, 0.717) is 6.04 Å². The first kappa shape index (κ1) is 17.2. The predicted octanol–water partition coefficient (Wildman–Crippen LogP) is 4.38. The molecule has 4 rings (SSSR count). The molecule has 3 heterocycles. The van der Waals surface area contributed by atoms with Crippen molar-refractivity contribution in [3.8, 4) is 5.75 Å². The first-order valence-electron chi connectivity index (χ1n) is 9.43. The highest BCUT2D eigenvalue weighted by Crippen LogP contribution is 2.38. The van der Waals surface area contributed by atoms with Crippen molar-refractivity contribution in [3.63, 3.8) is 0 Å². The molecule has 0 saturated carbocycles. The first-order chi connectivity index (χ1) is 12.6. The van der Waals surface area contributed by atoms with E-state index in [0.717, 1.165) is 36.7 Å². The van der Waals surface area contributed by atoms with Crippen LogP contribution in [0.3, 0.4) is 0 Å². The van der Waals surface area contributed by atoms with Crippen molar-refractivity contribution >= 4 is 10.9 Å². The van der Waals surface area contributed by atoms with E-state index in [1.807, 2.05) is 6.07 Å². The SMILES string of the molecule is CCc1onc(C)c1[C@H]1CCCN1Cc1cn(C)c2ccc(OC)cc12. The average molecular weight is 353 g/mol. The number of hydrogen-bond donors (Lipinski definition) is 0. The van der Waals surface area contributed by atoms with E-state index in [9.17, 15) is 0 Å². The van der Waals surface area contributed by atoms with Gasteiger partial charge < -0.3 is 13.8 Å². The largest absolute Gasteiger partial charge is 0.497 e. The van der Waals surface area contributed by atoms with Crippen molar-refractivity contribution in [1.82, 2.24) is 14.6 Å². The summed E-state index contributed by atoms with van der Waals surface area (Å²) in [4.78, 5) is 2.58. The van der Waals surface area contributed by atoms with Crippen LogP contribution in [0.15, 0.2) is 28.9 Å². The minimum Gasteiger partial charge on any atom is -0.497 e. The van der Waals surface area contributed by atoms with Crippen LogP contribution in [-0.4, -0.2) is 28.3 Å². The number of methoxy groups -OCH3 is 1. The van der Waals surface area contributed by atoms with E-state index in [2.05, 4.69) is 53.8 Å². The minimum absolute atomic E-state index is 0.400. The molecular weight excluding hydrogens is 326 g/mol. The van der Waals surface area contributed by atoms with Crippen LogP contribution in [0.5, 0.6) is 5.75 Å². The number of benzene rings is 1. The Balaban J connectivity index is 1.68. The zero-order chi connectivity index (χ0) is 18.3. The van der Waals surface area contributed by atoms with Crippen molar-refractivity contribution in [2.24, 2.45) is 7.05 Å². The third kappa shape index (κ3) is 2.80. The van der Waals surface area contributed by atoms with Gasteiger partial charge in [-0.25, -0.2) is 0 Å². The van der Waals surface area contributed by atoms with Crippen molar-refractivity contribution in [2.75, 3.05) is 13.7 Å². The van der Waals surface area contributed by atoms with Gasteiger partial charge in [-0.15, -0.1) is 0 Å². The highest BCUT2D eigenvalue weighted by atomic mass is 16.5. The van der Waals surface area contributed by atoms with E-state index in [1.165, 1.54) is 34.9 Å². The van der Waals surface area contributed by atoms with Gasteiger partial charge in [0, 0.05) is 48.7 Å². The topological polar surface area (TPSA) is 43.4 Å². The molecule has 1 aliphatic rings. The number of hydrogen-bond acceptors (Lipinski definition) is 4. The lowest BCUT2D eigenvalue weighted by atomic mass is 10.0. The molecule has 3 aromatic rings. The molecule has 1 saturated heterocycles. The van der Waals surface area contributed by atoms with Gasteiger partial charge >= 0.3 is 0 Å². The summed E-state index contributed by atoms with van der Waals surface area (Å²) in [5.41, 5.74) is 4.94. The van der Waals surface area contributed by atoms with E-state index >= 15 is 0 Å². The molecule has 1 aromatic carbocycles. The maximum atomic E-state index is 5.56. The zero-order valence-corrected chi connectivity index (χ0v) is 16.1. The minimum atomic E-state index is 0.400. The standard InChI is InChI=1S/C21H27N3O2/c1-5-20-21(14(2)22-26-20)19-7-6-10-24(19)13-15-12-23(3)18-9-8-16(25-4)11-17(15)18/h8-9,11-12,19H,5-7,10,13H2,1-4H3/t19-/m1/s1. The number of aromatic nitrogens is 2. The van der Waals surface area contributed by atoms with Crippen LogP contribution in [0.1, 0.15) is 48.4 Å². The van der Waals surface area contributed by atoms with E-state index in [-0.39, 0.29) is 0 Å². The number of ether oxygens (including phenoxy) is 1. The summed E-state index contributed by atoms with van der Waals surface area (Å²) >= 11 is 0. The highest BCUT2D eigenvalue weighted by Gasteiger charge is 2.31. The molecule has 26 heavy (non-hydrogen) atoms. The fourth-order valence-electron chi connectivity index (χ4n) is 4.37. The van der Waals surface area contributed by atoms with Gasteiger partial charge in [-0.1, -0.05) is 12.1 Å². The number of aryl methyl sites for hydroxylation is 3. The summed E-state index contributed by atoms with van der Waals surface area (Å²) in [6.07, 6.45) is 5.53. The molecule has 0 spiro atoms. The van der Waals surface area contributed by atoms with Crippen LogP contribution in [0.4, 0.5) is 0 Å². The molecule has 0 unspecified atom stereocenters. The van der Waals surface area contributed by atoms with Crippen LogP contribution in [0.2, 0.25) is 0 Å². The molecule has 0 aliphatic carbocycles. The van der Waals surface area contributed by atoms with Crippen molar-refractivity contribution in [2.45, 2.75) is 45.7 Å². The van der Waals surface area contributed by atoms with Gasteiger partial charge in [-0.2, -0.15) is 0 Å². The van der Waals surface area contributed by atoms with Crippen molar-refractivity contribution in [1.29, 1.82) is 0 Å². The third-order valence-corrected chi connectivity index (χ3v) is 5.65. The smallest absolute Gasteiger partial charge is 0.141 e. The lowest BCUT2D eigenvalue weighted by Crippen LogP contribution is -2.23. The van der Waals surface area contributed by atoms with Crippen LogP contribution < -0.4 is 4.74 Å². The Bertz CT molecular complexity index is 925. The van der Waals surface area contributed by atoms with Gasteiger partial charge in [-0.05, 0) is 50.1 Å². The fraction of sp³-hybridized carbons (Fsp3) is 0.476. The summed E-state index contributed by atoms with van der Waals surface area (Å²) in [6, 6.07) is 6.71. The molecule has 138 valence electrons. The van der Waals surface area contributed by atoms with E-state index < -0.39 is 0 Å². The molecule has 0 N–H and O–H groups in total. The molecule has 1 aliphatic heterocycles. The highest BCUT2D eigenvalue weighted by molar-refractivity contribution is 5.85. The molecule has 2 aromatic heterocycles. The van der Waals surface area contributed by atoms with Crippen LogP contribution >= 0.6 is 0 Å². The molecule has 5 nitrogen and oxygen atoms in total. The second-order valence-electron chi connectivity index (χ2n) is 7.24. The summed E-state index contributed by atoms with van der Waals surface area (Å²) in [5, 5.41) is 5.50. The summed E-state index contributed by atoms with van der Waals surface area (Å²) in [6.45, 7) is 6.25. The predicted molar refractivity (Wildman–Crippen MR) is 102 cm³/mol. The monoisotopic (exact) mass is 353 g/mol. The Kier molecular flexibility index (Phi) is 4.49.